The fourth-order valence-electron chi connectivity index (χ4n) is 4.53. The van der Waals surface area contributed by atoms with Crippen molar-refractivity contribution in [3.05, 3.63) is 35.4 Å². The van der Waals surface area contributed by atoms with Gasteiger partial charge in [0, 0.05) is 33.1 Å². The second-order valence-electron chi connectivity index (χ2n) is 8.22. The van der Waals surface area contributed by atoms with Gasteiger partial charge in [0.05, 0.1) is 6.04 Å². The summed E-state index contributed by atoms with van der Waals surface area (Å²) in [5.41, 5.74) is 8.07. The zero-order chi connectivity index (χ0) is 19.9. The van der Waals surface area contributed by atoms with Gasteiger partial charge in [-0.2, -0.15) is 0 Å². The van der Waals surface area contributed by atoms with Crippen molar-refractivity contribution in [3.8, 4) is 0 Å². The van der Waals surface area contributed by atoms with E-state index in [0.29, 0.717) is 18.4 Å². The molecule has 2 aliphatic heterocycles. The maximum Gasteiger partial charge on any atom is 0.217 e. The highest BCUT2D eigenvalue weighted by molar-refractivity contribution is 14.0. The van der Waals surface area contributed by atoms with Crippen LogP contribution in [0.15, 0.2) is 29.3 Å². The van der Waals surface area contributed by atoms with Crippen LogP contribution in [0, 0.1) is 12.8 Å². The molecule has 0 aliphatic carbocycles. The van der Waals surface area contributed by atoms with Gasteiger partial charge in [-0.05, 0) is 57.2 Å². The molecule has 162 valence electrons. The molecular formula is C22H36IN5O. The molecule has 0 saturated carbocycles. The number of primary amides is 1. The van der Waals surface area contributed by atoms with E-state index in [0.717, 1.165) is 51.5 Å². The number of guanidine groups is 1. The number of hydrogen-bond donors (Lipinski definition) is 2. The molecule has 2 saturated heterocycles. The number of piperidine rings is 1. The van der Waals surface area contributed by atoms with Crippen molar-refractivity contribution < 1.29 is 4.79 Å². The van der Waals surface area contributed by atoms with Gasteiger partial charge in [-0.1, -0.05) is 29.8 Å². The van der Waals surface area contributed by atoms with Crippen LogP contribution in [0.3, 0.4) is 0 Å². The lowest BCUT2D eigenvalue weighted by atomic mass is 9.95. The number of benzene rings is 1. The number of carbonyl (C=O) groups is 1. The minimum absolute atomic E-state index is 0. The number of nitrogens with two attached hydrogens (primary N) is 1. The number of carbonyl (C=O) groups excluding carboxylic acids is 1. The van der Waals surface area contributed by atoms with Crippen LogP contribution in [-0.2, 0) is 4.79 Å². The Morgan fingerprint density at radius 3 is 2.52 bits per heavy atom. The molecule has 2 aliphatic rings. The third-order valence-corrected chi connectivity index (χ3v) is 6.02. The molecule has 29 heavy (non-hydrogen) atoms. The van der Waals surface area contributed by atoms with E-state index >= 15 is 0 Å². The van der Waals surface area contributed by atoms with Gasteiger partial charge in [0.15, 0.2) is 5.96 Å². The zero-order valence-corrected chi connectivity index (χ0v) is 20.1. The predicted octanol–water partition coefficient (Wildman–Crippen LogP) is 2.91. The van der Waals surface area contributed by atoms with Crippen molar-refractivity contribution in [2.24, 2.45) is 16.6 Å². The molecule has 0 aromatic heterocycles. The van der Waals surface area contributed by atoms with Gasteiger partial charge in [-0.3, -0.25) is 14.7 Å². The number of aliphatic imine (C=N–C) groups is 1. The molecule has 1 aromatic carbocycles. The van der Waals surface area contributed by atoms with Crippen molar-refractivity contribution in [3.63, 3.8) is 0 Å². The van der Waals surface area contributed by atoms with Crippen LogP contribution < -0.4 is 11.1 Å². The summed E-state index contributed by atoms with van der Waals surface area (Å²) in [6, 6.07) is 9.27. The standard InChI is InChI=1S/C22H35N5O.HI/c1-17-7-9-19(10-8-17)20(26-11-3-4-12-26)15-25-22(24-2)27-13-5-6-18(16-27)14-21(23)28;/h7-10,18,20H,3-6,11-16H2,1-2H3,(H2,23,28)(H,24,25);1H. The molecule has 1 amide bonds. The first-order valence-corrected chi connectivity index (χ1v) is 10.6. The second kappa shape index (κ2) is 11.7. The summed E-state index contributed by atoms with van der Waals surface area (Å²) in [5.74, 6) is 1.06. The molecule has 2 fully saturated rings. The lowest BCUT2D eigenvalue weighted by molar-refractivity contribution is -0.119. The van der Waals surface area contributed by atoms with Crippen molar-refractivity contribution in [2.45, 2.75) is 45.1 Å². The molecule has 6 nitrogen and oxygen atoms in total. The summed E-state index contributed by atoms with van der Waals surface area (Å²) in [6.45, 7) is 7.11. The zero-order valence-electron chi connectivity index (χ0n) is 17.8. The largest absolute Gasteiger partial charge is 0.370 e. The van der Waals surface area contributed by atoms with Gasteiger partial charge in [0.25, 0.3) is 0 Å². The van der Waals surface area contributed by atoms with Crippen LogP contribution in [0.4, 0.5) is 0 Å². The molecule has 2 atom stereocenters. The minimum Gasteiger partial charge on any atom is -0.370 e. The third kappa shape index (κ3) is 6.84. The first-order chi connectivity index (χ1) is 13.6. The van der Waals surface area contributed by atoms with Crippen LogP contribution in [0.5, 0.6) is 0 Å². The van der Waals surface area contributed by atoms with Crippen molar-refractivity contribution >= 4 is 35.8 Å². The number of likely N-dealkylation sites (tertiary alicyclic amines) is 2. The monoisotopic (exact) mass is 513 g/mol. The van der Waals surface area contributed by atoms with E-state index in [4.69, 9.17) is 5.73 Å². The van der Waals surface area contributed by atoms with Gasteiger partial charge >= 0.3 is 0 Å². The summed E-state index contributed by atoms with van der Waals surface area (Å²) in [4.78, 5) is 20.7. The highest BCUT2D eigenvalue weighted by Gasteiger charge is 2.26. The SMILES string of the molecule is CN=C(NCC(c1ccc(C)cc1)N1CCCC1)N1CCCC(CC(N)=O)C1.I. The van der Waals surface area contributed by atoms with E-state index in [-0.39, 0.29) is 29.9 Å². The Hall–Kier alpha value is -1.35. The second-order valence-corrected chi connectivity index (χ2v) is 8.22. The average molecular weight is 513 g/mol. The summed E-state index contributed by atoms with van der Waals surface area (Å²) in [6.07, 6.45) is 5.16. The summed E-state index contributed by atoms with van der Waals surface area (Å²) in [7, 11) is 1.84. The van der Waals surface area contributed by atoms with Gasteiger partial charge in [0.1, 0.15) is 0 Å². The van der Waals surface area contributed by atoms with Gasteiger partial charge in [-0.15, -0.1) is 24.0 Å². The van der Waals surface area contributed by atoms with Crippen LogP contribution in [0.1, 0.15) is 49.3 Å². The number of amides is 1. The lowest BCUT2D eigenvalue weighted by Gasteiger charge is -2.36. The minimum atomic E-state index is -0.205. The first-order valence-electron chi connectivity index (χ1n) is 10.6. The lowest BCUT2D eigenvalue weighted by Crippen LogP contribution is -2.49. The molecule has 1 aromatic rings. The molecular weight excluding hydrogens is 477 g/mol. The Morgan fingerprint density at radius 2 is 1.90 bits per heavy atom. The van der Waals surface area contributed by atoms with E-state index in [1.807, 2.05) is 7.05 Å². The summed E-state index contributed by atoms with van der Waals surface area (Å²) in [5, 5.41) is 3.62. The first kappa shape index (κ1) is 23.9. The number of rotatable bonds is 6. The molecule has 7 heteroatoms. The van der Waals surface area contributed by atoms with Crippen molar-refractivity contribution in [1.82, 2.24) is 15.1 Å². The maximum atomic E-state index is 11.3. The highest BCUT2D eigenvalue weighted by Crippen LogP contribution is 2.25. The number of nitrogens with zero attached hydrogens (tertiary/aromatic N) is 3. The Kier molecular flexibility index (Phi) is 9.68. The number of hydrogen-bond acceptors (Lipinski definition) is 3. The number of aryl methyl sites for hydroxylation is 1. The molecule has 0 spiro atoms. The predicted molar refractivity (Wildman–Crippen MR) is 130 cm³/mol. The number of halogens is 1. The maximum absolute atomic E-state index is 11.3. The normalized spacial score (nSPS) is 21.5. The molecule has 3 rings (SSSR count). The summed E-state index contributed by atoms with van der Waals surface area (Å²) < 4.78 is 0. The van der Waals surface area contributed by atoms with E-state index in [1.165, 1.54) is 24.0 Å². The fourth-order valence-corrected chi connectivity index (χ4v) is 4.53. The van der Waals surface area contributed by atoms with E-state index in [1.54, 1.807) is 0 Å². The van der Waals surface area contributed by atoms with Crippen LogP contribution in [-0.4, -0.2) is 61.4 Å². The molecule has 0 radical (unpaired) electrons. The molecule has 0 bridgehead atoms. The van der Waals surface area contributed by atoms with E-state index < -0.39 is 0 Å². The van der Waals surface area contributed by atoms with E-state index in [2.05, 4.69) is 51.3 Å². The van der Waals surface area contributed by atoms with Gasteiger partial charge in [0.2, 0.25) is 5.91 Å². The van der Waals surface area contributed by atoms with Crippen molar-refractivity contribution in [1.29, 1.82) is 0 Å². The van der Waals surface area contributed by atoms with Crippen LogP contribution >= 0.6 is 24.0 Å². The summed E-state index contributed by atoms with van der Waals surface area (Å²) >= 11 is 0. The van der Waals surface area contributed by atoms with Crippen LogP contribution in [0.2, 0.25) is 0 Å². The smallest absolute Gasteiger partial charge is 0.217 e. The van der Waals surface area contributed by atoms with Crippen molar-refractivity contribution in [2.75, 3.05) is 39.8 Å². The number of nitrogens with one attached hydrogen (secondary N) is 1. The Balaban J connectivity index is 0.00000300. The topological polar surface area (TPSA) is 74.0 Å². The molecule has 2 heterocycles. The molecule has 3 N–H and O–H groups in total. The average Bonchev–Trinajstić information content (AvgIpc) is 3.20. The Morgan fingerprint density at radius 1 is 1.21 bits per heavy atom. The van der Waals surface area contributed by atoms with E-state index in [9.17, 15) is 4.79 Å². The fraction of sp³-hybridized carbons (Fsp3) is 0.636. The quantitative estimate of drug-likeness (QED) is 0.349. The molecule has 2 unspecified atom stereocenters. The Labute approximate surface area is 192 Å². The Bertz CT molecular complexity index is 672. The highest BCUT2D eigenvalue weighted by atomic mass is 127. The van der Waals surface area contributed by atoms with Gasteiger partial charge in [-0.25, -0.2) is 0 Å². The van der Waals surface area contributed by atoms with Gasteiger partial charge < -0.3 is 16.0 Å². The van der Waals surface area contributed by atoms with Crippen LogP contribution in [0.25, 0.3) is 0 Å². The third-order valence-electron chi connectivity index (χ3n) is 6.02.